The van der Waals surface area contributed by atoms with Gasteiger partial charge in [0.2, 0.25) is 0 Å². The molecule has 0 spiro atoms. The Hall–Kier alpha value is -3.05. The molecule has 5 nitrogen and oxygen atoms in total. The lowest BCUT2D eigenvalue weighted by Crippen LogP contribution is -2.13. The normalized spacial score (nSPS) is 12.5. The second-order valence-corrected chi connectivity index (χ2v) is 7.26. The molecule has 0 radical (unpaired) electrons. The van der Waals surface area contributed by atoms with E-state index in [1.54, 1.807) is 49.4 Å². The third-order valence-corrected chi connectivity index (χ3v) is 5.10. The van der Waals surface area contributed by atoms with Gasteiger partial charge in [0.25, 0.3) is 0 Å². The highest BCUT2D eigenvalue weighted by Gasteiger charge is 2.27. The molecule has 0 amide bonds. The van der Waals surface area contributed by atoms with E-state index in [9.17, 15) is 14.7 Å². The molecule has 0 saturated heterocycles. The van der Waals surface area contributed by atoms with E-state index >= 15 is 0 Å². The summed E-state index contributed by atoms with van der Waals surface area (Å²) in [5, 5.41) is 12.5. The lowest BCUT2D eigenvalue weighted by Gasteiger charge is -2.14. The zero-order chi connectivity index (χ0) is 20.0. The van der Waals surface area contributed by atoms with E-state index in [2.05, 4.69) is 0 Å². The topological polar surface area (TPSA) is 80.7 Å². The summed E-state index contributed by atoms with van der Waals surface area (Å²) in [6, 6.07) is 11.9. The van der Waals surface area contributed by atoms with E-state index in [0.29, 0.717) is 38.3 Å². The predicted molar refractivity (Wildman–Crippen MR) is 107 cm³/mol. The SMILES string of the molecule is CC(=O)Cc1oc2ccc(Cl)cc2c1C(C)c1c(O)c2ccccc2oc1=O. The Morgan fingerprint density at radius 2 is 1.79 bits per heavy atom. The first kappa shape index (κ1) is 18.3. The van der Waals surface area contributed by atoms with Crippen LogP contribution in [0.4, 0.5) is 0 Å². The van der Waals surface area contributed by atoms with Gasteiger partial charge in [0.05, 0.1) is 17.4 Å². The molecule has 2 aromatic carbocycles. The summed E-state index contributed by atoms with van der Waals surface area (Å²) < 4.78 is 11.3. The minimum Gasteiger partial charge on any atom is -0.507 e. The third kappa shape index (κ3) is 2.98. The molecule has 1 N–H and O–H groups in total. The molecular formula is C22H17ClO5. The first-order valence-corrected chi connectivity index (χ1v) is 9.19. The fraction of sp³-hybridized carbons (Fsp3) is 0.182. The van der Waals surface area contributed by atoms with Crippen LogP contribution in [0.3, 0.4) is 0 Å². The third-order valence-electron chi connectivity index (χ3n) is 4.86. The minimum atomic E-state index is -0.631. The maximum atomic E-state index is 12.7. The number of benzene rings is 2. The van der Waals surface area contributed by atoms with Gasteiger partial charge in [-0.3, -0.25) is 4.79 Å². The first-order valence-electron chi connectivity index (χ1n) is 8.81. The Morgan fingerprint density at radius 3 is 2.54 bits per heavy atom. The molecule has 4 aromatic rings. The molecule has 6 heteroatoms. The monoisotopic (exact) mass is 396 g/mol. The number of Topliss-reactive ketones (excluding diaryl/α,β-unsaturated/α-hetero) is 1. The highest BCUT2D eigenvalue weighted by Crippen LogP contribution is 2.40. The lowest BCUT2D eigenvalue weighted by molar-refractivity contribution is -0.116. The highest BCUT2D eigenvalue weighted by atomic mass is 35.5. The molecule has 1 unspecified atom stereocenters. The van der Waals surface area contributed by atoms with E-state index in [-0.39, 0.29) is 23.5 Å². The van der Waals surface area contributed by atoms with Gasteiger partial charge in [-0.1, -0.05) is 30.7 Å². The molecule has 0 fully saturated rings. The summed E-state index contributed by atoms with van der Waals surface area (Å²) in [6.07, 6.45) is 0.0750. The van der Waals surface area contributed by atoms with E-state index in [4.69, 9.17) is 20.4 Å². The summed E-state index contributed by atoms with van der Waals surface area (Å²) in [7, 11) is 0. The van der Waals surface area contributed by atoms with Crippen LogP contribution in [-0.2, 0) is 11.2 Å². The van der Waals surface area contributed by atoms with Crippen LogP contribution in [0.2, 0.25) is 5.02 Å². The quantitative estimate of drug-likeness (QED) is 0.480. The highest BCUT2D eigenvalue weighted by molar-refractivity contribution is 6.31. The molecule has 2 aromatic heterocycles. The van der Waals surface area contributed by atoms with Gasteiger partial charge < -0.3 is 13.9 Å². The largest absolute Gasteiger partial charge is 0.507 e. The van der Waals surface area contributed by atoms with E-state index < -0.39 is 11.5 Å². The number of fused-ring (bicyclic) bond motifs is 2. The Labute approximate surface area is 165 Å². The van der Waals surface area contributed by atoms with Gasteiger partial charge >= 0.3 is 5.63 Å². The standard InChI is InChI=1S/C22H17ClO5/c1-11(24)9-18-19(15-10-13(23)7-8-17(15)27-18)12(2)20-21(25)14-5-3-4-6-16(14)28-22(20)26/h3-8,10,12,25H,9H2,1-2H3. The van der Waals surface area contributed by atoms with Crippen LogP contribution in [-0.4, -0.2) is 10.9 Å². The fourth-order valence-electron chi connectivity index (χ4n) is 3.65. The second-order valence-electron chi connectivity index (χ2n) is 6.83. The number of carbonyl (C=O) groups is 1. The van der Waals surface area contributed by atoms with Crippen LogP contribution >= 0.6 is 11.6 Å². The van der Waals surface area contributed by atoms with Crippen LogP contribution in [0.1, 0.15) is 36.7 Å². The molecule has 2 heterocycles. The maximum Gasteiger partial charge on any atom is 0.343 e. The zero-order valence-corrected chi connectivity index (χ0v) is 16.0. The van der Waals surface area contributed by atoms with Crippen LogP contribution in [0.25, 0.3) is 21.9 Å². The average molecular weight is 397 g/mol. The van der Waals surface area contributed by atoms with Crippen molar-refractivity contribution in [2.24, 2.45) is 0 Å². The van der Waals surface area contributed by atoms with E-state index in [1.807, 2.05) is 0 Å². The van der Waals surface area contributed by atoms with Crippen LogP contribution in [0.15, 0.2) is 56.1 Å². The number of rotatable bonds is 4. The van der Waals surface area contributed by atoms with Crippen molar-refractivity contribution in [1.82, 2.24) is 0 Å². The summed E-state index contributed by atoms with van der Waals surface area (Å²) in [6.45, 7) is 3.24. The van der Waals surface area contributed by atoms with Crippen molar-refractivity contribution < 1.29 is 18.7 Å². The van der Waals surface area contributed by atoms with Crippen molar-refractivity contribution in [3.05, 3.63) is 74.8 Å². The smallest absolute Gasteiger partial charge is 0.343 e. The predicted octanol–water partition coefficient (Wildman–Crippen LogP) is 5.18. The molecule has 28 heavy (non-hydrogen) atoms. The Bertz CT molecular complexity index is 1280. The molecule has 0 bridgehead atoms. The van der Waals surface area contributed by atoms with E-state index in [0.717, 1.165) is 0 Å². The Balaban J connectivity index is 2.00. The Morgan fingerprint density at radius 1 is 1.07 bits per heavy atom. The number of aromatic hydroxyl groups is 1. The van der Waals surface area contributed by atoms with Gasteiger partial charge in [0, 0.05) is 21.9 Å². The molecular weight excluding hydrogens is 380 g/mol. The molecule has 142 valence electrons. The van der Waals surface area contributed by atoms with Crippen molar-refractivity contribution >= 4 is 39.3 Å². The van der Waals surface area contributed by atoms with Crippen molar-refractivity contribution in [2.45, 2.75) is 26.2 Å². The van der Waals surface area contributed by atoms with Crippen molar-refractivity contribution in [3.8, 4) is 5.75 Å². The van der Waals surface area contributed by atoms with Gasteiger partial charge in [-0.15, -0.1) is 0 Å². The van der Waals surface area contributed by atoms with Crippen LogP contribution in [0.5, 0.6) is 5.75 Å². The minimum absolute atomic E-state index is 0.0750. The van der Waals surface area contributed by atoms with Crippen molar-refractivity contribution in [3.63, 3.8) is 0 Å². The van der Waals surface area contributed by atoms with Crippen LogP contribution in [0, 0.1) is 0 Å². The van der Waals surface area contributed by atoms with E-state index in [1.165, 1.54) is 6.92 Å². The number of hydrogen-bond acceptors (Lipinski definition) is 5. The molecule has 0 aliphatic heterocycles. The molecule has 0 aliphatic rings. The van der Waals surface area contributed by atoms with Gasteiger partial charge in [-0.25, -0.2) is 4.79 Å². The number of hydrogen-bond donors (Lipinski definition) is 1. The molecule has 4 rings (SSSR count). The van der Waals surface area contributed by atoms with Gasteiger partial charge in [-0.05, 0) is 37.3 Å². The number of halogens is 1. The van der Waals surface area contributed by atoms with Gasteiger partial charge in [0.15, 0.2) is 0 Å². The van der Waals surface area contributed by atoms with Crippen molar-refractivity contribution in [1.29, 1.82) is 0 Å². The average Bonchev–Trinajstić information content (AvgIpc) is 2.97. The van der Waals surface area contributed by atoms with Gasteiger partial charge in [-0.2, -0.15) is 0 Å². The number of furan rings is 1. The maximum absolute atomic E-state index is 12.7. The second kappa shape index (κ2) is 6.84. The number of ketones is 1. The summed E-state index contributed by atoms with van der Waals surface area (Å²) >= 11 is 6.16. The number of para-hydroxylation sites is 1. The number of carbonyl (C=O) groups excluding carboxylic acids is 1. The van der Waals surface area contributed by atoms with Crippen molar-refractivity contribution in [2.75, 3.05) is 0 Å². The lowest BCUT2D eigenvalue weighted by atomic mass is 9.89. The summed E-state index contributed by atoms with van der Waals surface area (Å²) in [5.41, 5.74) is 1.00. The zero-order valence-electron chi connectivity index (χ0n) is 15.3. The van der Waals surface area contributed by atoms with Gasteiger partial charge in [0.1, 0.15) is 28.5 Å². The summed E-state index contributed by atoms with van der Waals surface area (Å²) in [4.78, 5) is 24.4. The summed E-state index contributed by atoms with van der Waals surface area (Å²) in [5.74, 6) is -0.336. The van der Waals surface area contributed by atoms with Crippen LogP contribution < -0.4 is 5.63 Å². The molecule has 1 atom stereocenters. The first-order chi connectivity index (χ1) is 13.4. The molecule has 0 aliphatic carbocycles. The molecule has 0 saturated carbocycles. The Kier molecular flexibility index (Phi) is 4.47. The fourth-order valence-corrected chi connectivity index (χ4v) is 3.82.